The number of hydrogen-bond donors (Lipinski definition) is 9. The number of phenolic OH excluding ortho intramolecular Hbond substituents is 3. The van der Waals surface area contributed by atoms with Crippen molar-refractivity contribution in [3.63, 3.8) is 0 Å². The topological polar surface area (TPSA) is 258 Å². The number of hydrogen-bond acceptors (Lipinski definition) is 16. The molecule has 240 valence electrons. The van der Waals surface area contributed by atoms with Gasteiger partial charge in [-0.15, -0.1) is 0 Å². The van der Waals surface area contributed by atoms with Crippen molar-refractivity contribution in [2.45, 2.75) is 68.3 Å². The van der Waals surface area contributed by atoms with Crippen molar-refractivity contribution in [2.75, 3.05) is 13.7 Å². The van der Waals surface area contributed by atoms with Crippen LogP contribution in [0.5, 0.6) is 28.7 Å². The standard InChI is InChI=1S/C28H32O16/c1-9-18(32)21(35)23(37)27(41-9)40-8-16-19(33)22(36)24(38)28(43-16)44-26-20(34)17-14(31)6-11(39-2)7-15(17)42-25(26)10-3-4-12(29)13(30)5-10/h3-7,9,16,18-19,21-24,27-33,35-38H,8H2,1-2H3. The number of fused-ring (bicyclic) bond motifs is 1. The summed E-state index contributed by atoms with van der Waals surface area (Å²) in [6.07, 6.45) is -16.0. The molecule has 2 aromatic carbocycles. The second-order valence-corrected chi connectivity index (χ2v) is 10.5. The van der Waals surface area contributed by atoms with Crippen molar-refractivity contribution in [1.29, 1.82) is 0 Å². The number of ether oxygens (including phenoxy) is 5. The van der Waals surface area contributed by atoms with Crippen LogP contribution >= 0.6 is 0 Å². The lowest BCUT2D eigenvalue weighted by atomic mass is 9.98. The molecule has 3 aromatic rings. The largest absolute Gasteiger partial charge is 0.507 e. The van der Waals surface area contributed by atoms with Crippen LogP contribution < -0.4 is 14.9 Å². The van der Waals surface area contributed by atoms with Crippen molar-refractivity contribution in [3.05, 3.63) is 40.6 Å². The number of aromatic hydroxyl groups is 3. The van der Waals surface area contributed by atoms with E-state index in [2.05, 4.69) is 0 Å². The highest BCUT2D eigenvalue weighted by Gasteiger charge is 2.47. The van der Waals surface area contributed by atoms with Gasteiger partial charge in [0, 0.05) is 17.7 Å². The first-order valence-corrected chi connectivity index (χ1v) is 13.4. The summed E-state index contributed by atoms with van der Waals surface area (Å²) in [5.74, 6) is -2.44. The molecule has 16 heteroatoms. The Morgan fingerprint density at radius 2 is 1.45 bits per heavy atom. The van der Waals surface area contributed by atoms with E-state index in [1.807, 2.05) is 0 Å². The Labute approximate surface area is 248 Å². The molecule has 2 aliphatic rings. The molecule has 16 nitrogen and oxygen atoms in total. The summed E-state index contributed by atoms with van der Waals surface area (Å²) >= 11 is 0. The SMILES string of the molecule is COc1cc(O)c2c(=O)c(OC3OC(COC4OC(C)C(O)C(O)C4O)C(O)C(O)C3O)c(-c3ccc(O)c(O)c3)oc2c1. The van der Waals surface area contributed by atoms with E-state index in [0.29, 0.717) is 0 Å². The average molecular weight is 625 g/mol. The van der Waals surface area contributed by atoms with Crippen LogP contribution in [-0.2, 0) is 14.2 Å². The maximum absolute atomic E-state index is 13.7. The predicted molar refractivity (Wildman–Crippen MR) is 145 cm³/mol. The van der Waals surface area contributed by atoms with E-state index in [0.717, 1.165) is 18.2 Å². The van der Waals surface area contributed by atoms with E-state index in [-0.39, 0.29) is 28.0 Å². The van der Waals surface area contributed by atoms with Crippen LogP contribution in [0.2, 0.25) is 0 Å². The van der Waals surface area contributed by atoms with Gasteiger partial charge in [-0.2, -0.15) is 0 Å². The quantitative estimate of drug-likeness (QED) is 0.137. The van der Waals surface area contributed by atoms with Gasteiger partial charge in [0.15, 0.2) is 23.5 Å². The van der Waals surface area contributed by atoms with Crippen molar-refractivity contribution in [3.8, 4) is 40.1 Å². The normalized spacial score (nSPS) is 32.5. The number of benzene rings is 2. The summed E-state index contributed by atoms with van der Waals surface area (Å²) in [6, 6.07) is 5.90. The van der Waals surface area contributed by atoms with Gasteiger partial charge in [0.1, 0.15) is 65.2 Å². The number of phenols is 3. The molecule has 44 heavy (non-hydrogen) atoms. The van der Waals surface area contributed by atoms with Gasteiger partial charge in [-0.05, 0) is 25.1 Å². The highest BCUT2D eigenvalue weighted by molar-refractivity contribution is 5.88. The minimum Gasteiger partial charge on any atom is -0.507 e. The van der Waals surface area contributed by atoms with Crippen LogP contribution in [0.4, 0.5) is 0 Å². The molecule has 0 spiro atoms. The molecule has 3 heterocycles. The van der Waals surface area contributed by atoms with E-state index in [1.165, 1.54) is 26.2 Å². The summed E-state index contributed by atoms with van der Waals surface area (Å²) in [7, 11) is 1.32. The van der Waals surface area contributed by atoms with Crippen LogP contribution in [-0.4, -0.2) is 121 Å². The first kappa shape index (κ1) is 31.7. The third-order valence-electron chi connectivity index (χ3n) is 7.52. The van der Waals surface area contributed by atoms with Gasteiger partial charge in [0.25, 0.3) is 0 Å². The van der Waals surface area contributed by atoms with E-state index >= 15 is 0 Å². The Hall–Kier alpha value is -3.71. The smallest absolute Gasteiger partial charge is 0.239 e. The van der Waals surface area contributed by atoms with Crippen molar-refractivity contribution < 1.29 is 74.1 Å². The second kappa shape index (κ2) is 12.4. The highest BCUT2D eigenvalue weighted by atomic mass is 16.7. The van der Waals surface area contributed by atoms with Crippen molar-refractivity contribution in [1.82, 2.24) is 0 Å². The van der Waals surface area contributed by atoms with Gasteiger partial charge in [-0.3, -0.25) is 4.79 Å². The molecule has 9 N–H and O–H groups in total. The third-order valence-corrected chi connectivity index (χ3v) is 7.52. The Morgan fingerprint density at radius 3 is 2.14 bits per heavy atom. The average Bonchev–Trinajstić information content (AvgIpc) is 3.00. The Bertz CT molecular complexity index is 1560. The van der Waals surface area contributed by atoms with Crippen LogP contribution in [0.25, 0.3) is 22.3 Å². The van der Waals surface area contributed by atoms with Gasteiger partial charge in [0.05, 0.1) is 19.8 Å². The molecule has 0 aliphatic carbocycles. The zero-order chi connectivity index (χ0) is 32.0. The lowest BCUT2D eigenvalue weighted by molar-refractivity contribution is -0.318. The number of rotatable bonds is 7. The van der Waals surface area contributed by atoms with Gasteiger partial charge in [-0.1, -0.05) is 0 Å². The van der Waals surface area contributed by atoms with Crippen LogP contribution in [0.3, 0.4) is 0 Å². The first-order valence-electron chi connectivity index (χ1n) is 13.4. The Balaban J connectivity index is 1.49. The van der Waals surface area contributed by atoms with E-state index in [1.54, 1.807) is 0 Å². The lowest BCUT2D eigenvalue weighted by Gasteiger charge is -2.42. The maximum Gasteiger partial charge on any atom is 0.239 e. The predicted octanol–water partition coefficient (Wildman–Crippen LogP) is -1.38. The Morgan fingerprint density at radius 1 is 0.773 bits per heavy atom. The van der Waals surface area contributed by atoms with Gasteiger partial charge >= 0.3 is 0 Å². The zero-order valence-corrected chi connectivity index (χ0v) is 23.3. The maximum atomic E-state index is 13.7. The lowest BCUT2D eigenvalue weighted by Crippen LogP contribution is -2.61. The summed E-state index contributed by atoms with van der Waals surface area (Å²) in [4.78, 5) is 13.7. The fourth-order valence-corrected chi connectivity index (χ4v) is 4.95. The van der Waals surface area contributed by atoms with Gasteiger partial charge in [-0.25, -0.2) is 0 Å². The van der Waals surface area contributed by atoms with Crippen molar-refractivity contribution >= 4 is 11.0 Å². The van der Waals surface area contributed by atoms with Gasteiger partial charge < -0.3 is 74.1 Å². The molecule has 10 unspecified atom stereocenters. The first-order chi connectivity index (χ1) is 20.8. The van der Waals surface area contributed by atoms with Crippen molar-refractivity contribution in [2.24, 2.45) is 0 Å². The highest BCUT2D eigenvalue weighted by Crippen LogP contribution is 2.39. The Kier molecular flexibility index (Phi) is 8.90. The van der Waals surface area contributed by atoms with E-state index in [4.69, 9.17) is 28.1 Å². The summed E-state index contributed by atoms with van der Waals surface area (Å²) in [5.41, 5.74) is -1.10. The molecule has 1 aromatic heterocycles. The molecule has 0 radical (unpaired) electrons. The summed E-state index contributed by atoms with van der Waals surface area (Å²) in [6.45, 7) is 0.841. The number of methoxy groups -OCH3 is 1. The number of aliphatic hydroxyl groups is 6. The summed E-state index contributed by atoms with van der Waals surface area (Å²) < 4.78 is 33.2. The fourth-order valence-electron chi connectivity index (χ4n) is 4.95. The molecule has 0 bridgehead atoms. The van der Waals surface area contributed by atoms with Crippen LogP contribution in [0.15, 0.2) is 39.5 Å². The molecular weight excluding hydrogens is 592 g/mol. The van der Waals surface area contributed by atoms with E-state index in [9.17, 15) is 50.8 Å². The number of aliphatic hydroxyl groups excluding tert-OH is 6. The third kappa shape index (κ3) is 5.74. The van der Waals surface area contributed by atoms with Gasteiger partial charge in [0.2, 0.25) is 17.5 Å². The molecule has 0 saturated carbocycles. The minimum atomic E-state index is -1.95. The summed E-state index contributed by atoms with van der Waals surface area (Å²) in [5, 5.41) is 92.1. The monoisotopic (exact) mass is 624 g/mol. The van der Waals surface area contributed by atoms with Crippen LogP contribution in [0, 0.1) is 0 Å². The molecule has 2 aliphatic heterocycles. The molecule has 2 saturated heterocycles. The second-order valence-electron chi connectivity index (χ2n) is 10.5. The molecule has 10 atom stereocenters. The fraction of sp³-hybridized carbons (Fsp3) is 0.464. The molecule has 5 rings (SSSR count). The van der Waals surface area contributed by atoms with Crippen LogP contribution in [0.1, 0.15) is 6.92 Å². The molecule has 0 amide bonds. The minimum absolute atomic E-state index is 0.0145. The van der Waals surface area contributed by atoms with E-state index < -0.39 is 96.4 Å². The zero-order valence-electron chi connectivity index (χ0n) is 23.3. The molecular formula is C28H32O16. The molecule has 2 fully saturated rings.